The van der Waals surface area contributed by atoms with Crippen LogP contribution in [0.1, 0.15) is 52.0 Å². The first-order chi connectivity index (χ1) is 15.3. The zero-order chi connectivity index (χ0) is 24.4. The van der Waals surface area contributed by atoms with Crippen LogP contribution in [-0.2, 0) is 25.7 Å². The van der Waals surface area contributed by atoms with E-state index < -0.39 is 20.2 Å². The molecule has 0 aliphatic carbocycles. The van der Waals surface area contributed by atoms with E-state index in [1.165, 1.54) is 0 Å². The van der Waals surface area contributed by atoms with Crippen molar-refractivity contribution in [1.82, 2.24) is 0 Å². The summed E-state index contributed by atoms with van der Waals surface area (Å²) in [4.78, 5) is 0. The van der Waals surface area contributed by atoms with E-state index in [1.54, 1.807) is 0 Å². The van der Waals surface area contributed by atoms with Gasteiger partial charge in [0.05, 0.1) is 32.3 Å². The molecule has 182 valence electrons. The van der Waals surface area contributed by atoms with Gasteiger partial charge in [-0.25, -0.2) is 16.8 Å². The summed E-state index contributed by atoms with van der Waals surface area (Å²) >= 11 is 0. The molecule has 0 unspecified atom stereocenters. The molecule has 0 atom stereocenters. The molecule has 0 amide bonds. The van der Waals surface area contributed by atoms with E-state index in [0.717, 1.165) is 27.7 Å². The van der Waals surface area contributed by atoms with Crippen LogP contribution in [0.3, 0.4) is 0 Å². The average Bonchev–Trinajstić information content (AvgIpc) is 2.89. The molecular weight excluding hydrogens is 512 g/mol. The van der Waals surface area contributed by atoms with Gasteiger partial charge >= 0.3 is 59.1 Å². The molecule has 1 aliphatic heterocycles. The van der Waals surface area contributed by atoms with Gasteiger partial charge in [-0.15, -0.1) is 0 Å². The van der Waals surface area contributed by atoms with Crippen molar-refractivity contribution in [3.05, 3.63) is 35.9 Å². The van der Waals surface area contributed by atoms with E-state index in [0.29, 0.717) is 38.2 Å². The third kappa shape index (κ3) is 8.77. The number of ether oxygens (including phenoxy) is 1. The Kier molecular flexibility index (Phi) is 12.4. The van der Waals surface area contributed by atoms with E-state index in [9.17, 15) is 25.9 Å². The van der Waals surface area contributed by atoms with Crippen LogP contribution in [0, 0.1) is 0 Å². The van der Waals surface area contributed by atoms with Crippen LogP contribution in [0.4, 0.5) is 5.69 Å². The second-order valence-electron chi connectivity index (χ2n) is 8.99. The Bertz CT molecular complexity index is 1290. The van der Waals surface area contributed by atoms with Crippen LogP contribution in [0.2, 0.25) is 0 Å². The average molecular weight is 543 g/mol. The molecule has 12 heteroatoms. The molecule has 1 heterocycles. The summed E-state index contributed by atoms with van der Waals surface area (Å²) in [6.45, 7) is 7.32. The Balaban J connectivity index is 0.00000306. The van der Waals surface area contributed by atoms with Gasteiger partial charge in [0.1, 0.15) is 12.3 Å². The smallest absolute Gasteiger partial charge is 0.748 e. The normalized spacial score (nSPS) is 14.9. The molecule has 0 bridgehead atoms. The van der Waals surface area contributed by atoms with Crippen LogP contribution in [-0.4, -0.2) is 60.9 Å². The third-order valence-electron chi connectivity index (χ3n) is 6.28. The van der Waals surface area contributed by atoms with Crippen molar-refractivity contribution in [3.8, 4) is 5.75 Å². The van der Waals surface area contributed by atoms with Gasteiger partial charge in [0.15, 0.2) is 5.71 Å². The predicted octanol–water partition coefficient (Wildman–Crippen LogP) is -2.73. The largest absolute Gasteiger partial charge is 1.00 e. The summed E-state index contributed by atoms with van der Waals surface area (Å²) in [5.41, 5.74) is 3.13. The van der Waals surface area contributed by atoms with Crippen LogP contribution >= 0.6 is 0 Å². The van der Waals surface area contributed by atoms with Crippen LogP contribution in [0.15, 0.2) is 30.3 Å². The van der Waals surface area contributed by atoms with Gasteiger partial charge in [0, 0.05) is 36.5 Å². The Morgan fingerprint density at radius 1 is 0.886 bits per heavy atom. The summed E-state index contributed by atoms with van der Waals surface area (Å²) in [7, 11) is -8.41. The van der Waals surface area contributed by atoms with Crippen molar-refractivity contribution in [1.29, 1.82) is 0 Å². The number of fused-ring (bicyclic) bond motifs is 3. The molecule has 0 saturated carbocycles. The molecule has 0 radical (unpaired) electrons. The maximum atomic E-state index is 10.9. The summed E-state index contributed by atoms with van der Waals surface area (Å²) < 4.78 is 72.9. The number of unbranched alkanes of at least 4 members (excludes halogenated alkanes) is 2. The monoisotopic (exact) mass is 542 g/mol. The van der Waals surface area contributed by atoms with E-state index in [1.807, 2.05) is 24.3 Å². The molecule has 1 aliphatic rings. The maximum absolute atomic E-state index is 10.9. The van der Waals surface area contributed by atoms with Crippen molar-refractivity contribution in [2.45, 2.75) is 51.9 Å². The van der Waals surface area contributed by atoms with Gasteiger partial charge in [-0.3, -0.25) is 0 Å². The second kappa shape index (κ2) is 13.2. The number of nitrogens with zero attached hydrogens (tertiary/aromatic N) is 1. The zero-order valence-corrected chi connectivity index (χ0v) is 26.8. The molecule has 0 fully saturated rings. The Labute approximate surface area is 252 Å². The minimum Gasteiger partial charge on any atom is -0.748 e. The van der Waals surface area contributed by atoms with Crippen molar-refractivity contribution in [2.24, 2.45) is 0 Å². The first kappa shape index (κ1) is 33.0. The molecule has 0 spiro atoms. The molecule has 0 N–H and O–H groups in total. The van der Waals surface area contributed by atoms with Gasteiger partial charge in [-0.05, 0) is 62.1 Å². The van der Waals surface area contributed by atoms with Crippen molar-refractivity contribution in [3.63, 3.8) is 0 Å². The van der Waals surface area contributed by atoms with Gasteiger partial charge in [0.2, 0.25) is 5.69 Å². The quantitative estimate of drug-likeness (QED) is 0.131. The van der Waals surface area contributed by atoms with Crippen molar-refractivity contribution in [2.75, 3.05) is 24.7 Å². The first-order valence-corrected chi connectivity index (χ1v) is 14.1. The summed E-state index contributed by atoms with van der Waals surface area (Å²) in [6.07, 6.45) is 1.65. The van der Waals surface area contributed by atoms with Gasteiger partial charge in [-0.2, -0.15) is 4.58 Å². The fourth-order valence-corrected chi connectivity index (χ4v) is 5.48. The van der Waals surface area contributed by atoms with Crippen LogP contribution in [0.25, 0.3) is 10.8 Å². The number of rotatable bonds is 11. The first-order valence-electron chi connectivity index (χ1n) is 11.0. The Morgan fingerprint density at radius 2 is 1.46 bits per heavy atom. The fraction of sp³-hybridized carbons (Fsp3) is 0.522. The maximum Gasteiger partial charge on any atom is 1.00 e. The van der Waals surface area contributed by atoms with Crippen LogP contribution < -0.4 is 63.9 Å². The van der Waals surface area contributed by atoms with E-state index in [2.05, 4.69) is 31.4 Å². The van der Waals surface area contributed by atoms with Gasteiger partial charge < -0.3 is 13.8 Å². The minimum atomic E-state index is -4.20. The summed E-state index contributed by atoms with van der Waals surface area (Å²) in [5, 5.41) is 2.12. The number of hydrogen-bond donors (Lipinski definition) is 0. The van der Waals surface area contributed by atoms with Crippen LogP contribution in [0.5, 0.6) is 5.75 Å². The topological polar surface area (TPSA) is 127 Å². The molecule has 2 aromatic carbocycles. The molecule has 3 rings (SSSR count). The molecule has 2 aromatic rings. The standard InChI is InChI=1S/C23H31NO7S2.2Na/c1-17-23(2,3)22-20-16-19(31-13-5-7-15-33(28,29)30)10-8-18(20)9-11-21(22)24(17)12-4-6-14-32(25,26)27;;/h8-11,16H,4-7,12-15H2,1-3H3,(H-,25,26,27,28,29,30);;/q;2*+1/p-1. The molecular formula is C23H30NNa2O7S2+. The SMILES string of the molecule is CC1=[N+](CCCCS(=O)(=O)[O-])c2ccc3ccc(OCCCCS(=O)(=O)[O-])cc3c2C1(C)C.[Na+].[Na+]. The summed E-state index contributed by atoms with van der Waals surface area (Å²) in [6, 6.07) is 9.96. The van der Waals surface area contributed by atoms with Crippen molar-refractivity contribution < 1.29 is 94.4 Å². The van der Waals surface area contributed by atoms with Gasteiger partial charge in [0.25, 0.3) is 0 Å². The third-order valence-corrected chi connectivity index (χ3v) is 7.86. The minimum absolute atomic E-state index is 0. The van der Waals surface area contributed by atoms with Crippen molar-refractivity contribution >= 4 is 42.4 Å². The van der Waals surface area contributed by atoms with E-state index >= 15 is 0 Å². The predicted molar refractivity (Wildman–Crippen MR) is 126 cm³/mol. The van der Waals surface area contributed by atoms with E-state index in [-0.39, 0.29) is 82.5 Å². The number of benzene rings is 2. The number of hydrogen-bond acceptors (Lipinski definition) is 7. The summed E-state index contributed by atoms with van der Waals surface area (Å²) in [5.74, 6) is -0.0648. The van der Waals surface area contributed by atoms with E-state index in [4.69, 9.17) is 4.74 Å². The van der Waals surface area contributed by atoms with Gasteiger partial charge in [-0.1, -0.05) is 6.07 Å². The molecule has 0 saturated heterocycles. The molecule has 35 heavy (non-hydrogen) atoms. The second-order valence-corrected chi connectivity index (χ2v) is 12.0. The Morgan fingerprint density at radius 3 is 2.06 bits per heavy atom. The Hall–Kier alpha value is -0.01000. The molecule has 0 aromatic heterocycles. The fourth-order valence-electron chi connectivity index (χ4n) is 4.37. The molecule has 8 nitrogen and oxygen atoms in total. The zero-order valence-electron chi connectivity index (χ0n) is 21.2.